The van der Waals surface area contributed by atoms with Gasteiger partial charge in [-0.15, -0.1) is 0 Å². The third-order valence-electron chi connectivity index (χ3n) is 4.27. The van der Waals surface area contributed by atoms with Crippen LogP contribution in [0.2, 0.25) is 0 Å². The van der Waals surface area contributed by atoms with Gasteiger partial charge in [-0.2, -0.15) is 0 Å². The van der Waals surface area contributed by atoms with Crippen LogP contribution in [0.3, 0.4) is 0 Å². The van der Waals surface area contributed by atoms with Crippen molar-refractivity contribution in [1.82, 2.24) is 10.6 Å². The van der Waals surface area contributed by atoms with Crippen molar-refractivity contribution in [2.24, 2.45) is 0 Å². The molecule has 1 aromatic carbocycles. The second-order valence-corrected chi connectivity index (χ2v) is 5.74. The molecule has 2 N–H and O–H groups in total. The van der Waals surface area contributed by atoms with Gasteiger partial charge in [0.2, 0.25) is 0 Å². The number of hydrogen-bond acceptors (Lipinski definition) is 3. The lowest BCUT2D eigenvalue weighted by atomic mass is 9.86. The first-order chi connectivity index (χ1) is 11.1. The summed E-state index contributed by atoms with van der Waals surface area (Å²) in [5.74, 6) is -1.47. The zero-order valence-corrected chi connectivity index (χ0v) is 12.7. The van der Waals surface area contributed by atoms with Crippen LogP contribution in [0, 0.1) is 18.6 Å². The second kappa shape index (κ2) is 6.50. The molecule has 2 aromatic rings. The van der Waals surface area contributed by atoms with Gasteiger partial charge in [-0.1, -0.05) is 6.07 Å². The number of aryl methyl sites for hydroxylation is 1. The number of benzene rings is 1. The van der Waals surface area contributed by atoms with E-state index >= 15 is 0 Å². The molecule has 3 rings (SSSR count). The van der Waals surface area contributed by atoms with Crippen molar-refractivity contribution in [1.29, 1.82) is 0 Å². The molecule has 2 unspecified atom stereocenters. The maximum atomic E-state index is 13.5. The Morgan fingerprint density at radius 2 is 2.13 bits per heavy atom. The minimum absolute atomic E-state index is 0.0671. The highest BCUT2D eigenvalue weighted by molar-refractivity contribution is 5.95. The first kappa shape index (κ1) is 15.7. The lowest BCUT2D eigenvalue weighted by Crippen LogP contribution is -2.50. The van der Waals surface area contributed by atoms with Gasteiger partial charge >= 0.3 is 0 Å². The zero-order chi connectivity index (χ0) is 16.4. The van der Waals surface area contributed by atoms with E-state index < -0.39 is 11.6 Å². The Hall–Kier alpha value is -2.21. The van der Waals surface area contributed by atoms with E-state index in [1.807, 2.05) is 0 Å². The largest absolute Gasteiger partial charge is 0.469 e. The highest BCUT2D eigenvalue weighted by Gasteiger charge is 2.29. The van der Waals surface area contributed by atoms with Crippen LogP contribution in [0.5, 0.6) is 0 Å². The van der Waals surface area contributed by atoms with E-state index in [1.165, 1.54) is 12.3 Å². The van der Waals surface area contributed by atoms with Gasteiger partial charge in [0.25, 0.3) is 5.91 Å². The Morgan fingerprint density at radius 3 is 2.83 bits per heavy atom. The molecule has 0 bridgehead atoms. The Bertz CT molecular complexity index is 714. The van der Waals surface area contributed by atoms with Crippen LogP contribution >= 0.6 is 0 Å². The van der Waals surface area contributed by atoms with Gasteiger partial charge in [0, 0.05) is 18.5 Å². The van der Waals surface area contributed by atoms with Crippen LogP contribution < -0.4 is 10.6 Å². The third kappa shape index (κ3) is 3.27. The Morgan fingerprint density at radius 1 is 1.30 bits per heavy atom. The van der Waals surface area contributed by atoms with E-state index in [1.54, 1.807) is 19.1 Å². The molecule has 1 aromatic heterocycles. The van der Waals surface area contributed by atoms with Gasteiger partial charge in [0.05, 0.1) is 11.8 Å². The van der Waals surface area contributed by atoms with Crippen LogP contribution in [0.1, 0.15) is 34.0 Å². The summed E-state index contributed by atoms with van der Waals surface area (Å²) < 4.78 is 31.8. The number of furan rings is 1. The molecule has 122 valence electrons. The summed E-state index contributed by atoms with van der Waals surface area (Å²) in [6.45, 7) is 3.06. The van der Waals surface area contributed by atoms with Gasteiger partial charge < -0.3 is 15.1 Å². The SMILES string of the molecule is Cc1occc1C(=O)NC1CNCCC1c1ccc(F)c(F)c1. The molecular weight excluding hydrogens is 302 g/mol. The molecule has 1 saturated heterocycles. The minimum atomic E-state index is -0.864. The van der Waals surface area contributed by atoms with E-state index in [9.17, 15) is 13.6 Å². The number of nitrogens with one attached hydrogen (secondary N) is 2. The zero-order valence-electron chi connectivity index (χ0n) is 12.7. The van der Waals surface area contributed by atoms with Gasteiger partial charge in [-0.05, 0) is 43.7 Å². The van der Waals surface area contributed by atoms with Crippen molar-refractivity contribution in [2.45, 2.75) is 25.3 Å². The molecule has 4 nitrogen and oxygen atoms in total. The summed E-state index contributed by atoms with van der Waals surface area (Å²) in [5.41, 5.74) is 1.18. The molecule has 1 fully saturated rings. The van der Waals surface area contributed by atoms with Crippen LogP contribution in [0.15, 0.2) is 34.9 Å². The highest BCUT2D eigenvalue weighted by atomic mass is 19.2. The number of carbonyl (C=O) groups is 1. The van der Waals surface area contributed by atoms with Gasteiger partial charge in [-0.25, -0.2) is 8.78 Å². The molecule has 0 spiro atoms. The van der Waals surface area contributed by atoms with Gasteiger partial charge in [0.15, 0.2) is 11.6 Å². The normalized spacial score (nSPS) is 21.2. The minimum Gasteiger partial charge on any atom is -0.469 e. The average molecular weight is 320 g/mol. The smallest absolute Gasteiger partial charge is 0.255 e. The van der Waals surface area contributed by atoms with E-state index in [-0.39, 0.29) is 17.9 Å². The molecule has 2 heterocycles. The number of carbonyl (C=O) groups excluding carboxylic acids is 1. The van der Waals surface area contributed by atoms with Crippen LogP contribution in [0.4, 0.5) is 8.78 Å². The predicted molar refractivity (Wildman–Crippen MR) is 81.3 cm³/mol. The number of rotatable bonds is 3. The molecule has 2 atom stereocenters. The first-order valence-electron chi connectivity index (χ1n) is 7.57. The second-order valence-electron chi connectivity index (χ2n) is 5.74. The van der Waals surface area contributed by atoms with Gasteiger partial charge in [0.1, 0.15) is 5.76 Å². The first-order valence-corrected chi connectivity index (χ1v) is 7.57. The van der Waals surface area contributed by atoms with Crippen molar-refractivity contribution < 1.29 is 18.0 Å². The van der Waals surface area contributed by atoms with Crippen molar-refractivity contribution in [3.63, 3.8) is 0 Å². The summed E-state index contributed by atoms with van der Waals surface area (Å²) in [5, 5.41) is 6.19. The standard InChI is InChI=1S/C17H18F2N2O2/c1-10-12(5-7-23-10)17(22)21-16-9-20-6-4-13(16)11-2-3-14(18)15(19)8-11/h2-3,5,7-8,13,16,20H,4,6,9H2,1H3,(H,21,22). The fraction of sp³-hybridized carbons (Fsp3) is 0.353. The summed E-state index contributed by atoms with van der Waals surface area (Å²) >= 11 is 0. The summed E-state index contributed by atoms with van der Waals surface area (Å²) in [7, 11) is 0. The number of amides is 1. The Labute approximate surface area is 132 Å². The fourth-order valence-corrected chi connectivity index (χ4v) is 3.02. The molecule has 1 amide bonds. The van der Waals surface area contributed by atoms with Crippen LogP contribution in [-0.4, -0.2) is 25.0 Å². The van der Waals surface area contributed by atoms with Crippen LogP contribution in [-0.2, 0) is 0 Å². The topological polar surface area (TPSA) is 54.3 Å². The molecule has 0 aliphatic carbocycles. The molecule has 6 heteroatoms. The Balaban J connectivity index is 1.80. The molecule has 0 radical (unpaired) electrons. The van der Waals surface area contributed by atoms with E-state index in [2.05, 4.69) is 10.6 Å². The summed E-state index contributed by atoms with van der Waals surface area (Å²) in [6.07, 6.45) is 2.20. The maximum Gasteiger partial charge on any atom is 0.255 e. The van der Waals surface area contributed by atoms with Gasteiger partial charge in [-0.3, -0.25) is 4.79 Å². The lowest BCUT2D eigenvalue weighted by Gasteiger charge is -2.33. The molecule has 1 aliphatic rings. The third-order valence-corrected chi connectivity index (χ3v) is 4.27. The monoisotopic (exact) mass is 320 g/mol. The molecule has 0 saturated carbocycles. The van der Waals surface area contributed by atoms with Crippen molar-refractivity contribution in [2.75, 3.05) is 13.1 Å². The lowest BCUT2D eigenvalue weighted by molar-refractivity contribution is 0.0923. The van der Waals surface area contributed by atoms with Crippen LogP contribution in [0.25, 0.3) is 0 Å². The quantitative estimate of drug-likeness (QED) is 0.914. The van der Waals surface area contributed by atoms with E-state index in [0.717, 1.165) is 19.0 Å². The molecule has 1 aliphatic heterocycles. The Kier molecular flexibility index (Phi) is 4.43. The molecule has 23 heavy (non-hydrogen) atoms. The summed E-state index contributed by atoms with van der Waals surface area (Å²) in [6, 6.07) is 5.35. The predicted octanol–water partition coefficient (Wildman–Crippen LogP) is 2.74. The van der Waals surface area contributed by atoms with Crippen molar-refractivity contribution in [3.8, 4) is 0 Å². The highest BCUT2D eigenvalue weighted by Crippen LogP contribution is 2.27. The van der Waals surface area contributed by atoms with E-state index in [4.69, 9.17) is 4.42 Å². The fourth-order valence-electron chi connectivity index (χ4n) is 3.02. The number of halogens is 2. The number of hydrogen-bond donors (Lipinski definition) is 2. The average Bonchev–Trinajstić information content (AvgIpc) is 2.97. The van der Waals surface area contributed by atoms with Crippen molar-refractivity contribution in [3.05, 3.63) is 59.1 Å². The number of piperidine rings is 1. The molecular formula is C17H18F2N2O2. The summed E-state index contributed by atoms with van der Waals surface area (Å²) in [4.78, 5) is 12.4. The van der Waals surface area contributed by atoms with E-state index in [0.29, 0.717) is 23.4 Å². The van der Waals surface area contributed by atoms with Crippen molar-refractivity contribution >= 4 is 5.91 Å². The maximum absolute atomic E-state index is 13.5.